The maximum atomic E-state index is 3.82. The molecule has 1 heteroatoms. The van der Waals surface area contributed by atoms with Crippen LogP contribution in [0.4, 0.5) is 0 Å². The summed E-state index contributed by atoms with van der Waals surface area (Å²) < 4.78 is 0. The van der Waals surface area contributed by atoms with E-state index < -0.39 is 0 Å². The van der Waals surface area contributed by atoms with Gasteiger partial charge in [-0.1, -0.05) is 36.8 Å². The Labute approximate surface area is 119 Å². The monoisotopic (exact) mass is 259 g/mol. The van der Waals surface area contributed by atoms with Crippen LogP contribution in [-0.2, 0) is 0 Å². The van der Waals surface area contributed by atoms with Crippen LogP contribution in [0, 0.1) is 5.92 Å². The van der Waals surface area contributed by atoms with Gasteiger partial charge >= 0.3 is 0 Å². The first-order chi connectivity index (χ1) is 9.08. The molecule has 1 atom stereocenters. The summed E-state index contributed by atoms with van der Waals surface area (Å²) >= 11 is 0. The molecular weight excluding hydrogens is 230 g/mol. The summed E-state index contributed by atoms with van der Waals surface area (Å²) in [5.41, 5.74) is 5.95. The van der Waals surface area contributed by atoms with Crippen LogP contribution in [0.1, 0.15) is 47.5 Å². The van der Waals surface area contributed by atoms with Crippen molar-refractivity contribution in [3.63, 3.8) is 0 Å². The molecule has 1 rings (SSSR count). The predicted octanol–water partition coefficient (Wildman–Crippen LogP) is 5.09. The maximum Gasteiger partial charge on any atom is 0.0355 e. The second-order valence-corrected chi connectivity index (χ2v) is 5.31. The van der Waals surface area contributed by atoms with Gasteiger partial charge in [-0.15, -0.1) is 0 Å². The summed E-state index contributed by atoms with van der Waals surface area (Å²) in [6.07, 6.45) is 8.77. The minimum absolute atomic E-state index is 0.572. The zero-order valence-electron chi connectivity index (χ0n) is 13.3. The van der Waals surface area contributed by atoms with Gasteiger partial charge in [0, 0.05) is 24.7 Å². The normalized spacial score (nSPS) is 20.4. The minimum atomic E-state index is 0.572. The van der Waals surface area contributed by atoms with Gasteiger partial charge in [0.15, 0.2) is 0 Å². The number of hydrogen-bond donors (Lipinski definition) is 0. The van der Waals surface area contributed by atoms with Gasteiger partial charge in [-0.3, -0.25) is 0 Å². The van der Waals surface area contributed by atoms with Crippen LogP contribution in [0.2, 0.25) is 0 Å². The van der Waals surface area contributed by atoms with Crippen molar-refractivity contribution in [1.82, 2.24) is 4.90 Å². The molecule has 0 aromatic heterocycles. The lowest BCUT2D eigenvalue weighted by Gasteiger charge is -2.32. The summed E-state index contributed by atoms with van der Waals surface area (Å²) in [4.78, 5) is 2.47. The van der Waals surface area contributed by atoms with Crippen molar-refractivity contribution in [2.45, 2.75) is 47.5 Å². The number of rotatable bonds is 6. The molecule has 0 N–H and O–H groups in total. The molecule has 1 aliphatic rings. The second-order valence-electron chi connectivity index (χ2n) is 5.31. The summed E-state index contributed by atoms with van der Waals surface area (Å²) in [5, 5.41) is 0. The Morgan fingerprint density at radius 2 is 2.00 bits per heavy atom. The van der Waals surface area contributed by atoms with Crippen molar-refractivity contribution in [2.24, 2.45) is 5.92 Å². The third-order valence-electron chi connectivity index (χ3n) is 4.16. The highest BCUT2D eigenvalue weighted by molar-refractivity contribution is 5.38. The number of likely N-dealkylation sites (N-methyl/N-ethyl adjacent to an activating group) is 1. The first-order valence-electron chi connectivity index (χ1n) is 7.53. The molecule has 1 nitrogen and oxygen atoms in total. The molecule has 106 valence electrons. The van der Waals surface area contributed by atoms with Crippen LogP contribution in [0.15, 0.2) is 47.2 Å². The highest BCUT2D eigenvalue weighted by atomic mass is 15.1. The molecule has 0 saturated heterocycles. The van der Waals surface area contributed by atoms with E-state index in [9.17, 15) is 0 Å². The first kappa shape index (κ1) is 15.8. The summed E-state index contributed by atoms with van der Waals surface area (Å²) in [7, 11) is 0. The molecule has 0 fully saturated rings. The Morgan fingerprint density at radius 1 is 1.37 bits per heavy atom. The SMILES string of the molecule is C=C/C=C(/C)C1CC(C)=C(N(CC)CC)C=C1CC. The molecule has 0 aromatic carbocycles. The molecule has 0 aliphatic heterocycles. The van der Waals surface area contributed by atoms with Gasteiger partial charge in [-0.25, -0.2) is 0 Å². The van der Waals surface area contributed by atoms with E-state index >= 15 is 0 Å². The van der Waals surface area contributed by atoms with Crippen molar-refractivity contribution < 1.29 is 0 Å². The average molecular weight is 259 g/mol. The smallest absolute Gasteiger partial charge is 0.0355 e. The largest absolute Gasteiger partial charge is 0.372 e. The second kappa shape index (κ2) is 7.37. The molecule has 1 unspecified atom stereocenters. The van der Waals surface area contributed by atoms with Crippen LogP contribution in [-0.4, -0.2) is 18.0 Å². The summed E-state index contributed by atoms with van der Waals surface area (Å²) in [5.74, 6) is 0.572. The third kappa shape index (κ3) is 3.62. The van der Waals surface area contributed by atoms with Gasteiger partial charge in [0.1, 0.15) is 0 Å². The van der Waals surface area contributed by atoms with E-state index in [1.807, 2.05) is 6.08 Å². The number of allylic oxidation sites excluding steroid dienone is 6. The Hall–Kier alpha value is -1.24. The maximum absolute atomic E-state index is 3.82. The number of hydrogen-bond acceptors (Lipinski definition) is 1. The van der Waals surface area contributed by atoms with Crippen LogP contribution >= 0.6 is 0 Å². The first-order valence-corrected chi connectivity index (χ1v) is 7.53. The van der Waals surface area contributed by atoms with E-state index in [0.29, 0.717) is 5.92 Å². The van der Waals surface area contributed by atoms with E-state index in [1.165, 1.54) is 16.8 Å². The summed E-state index contributed by atoms with van der Waals surface area (Å²) in [6.45, 7) is 17.2. The third-order valence-corrected chi connectivity index (χ3v) is 4.16. The molecule has 1 aliphatic carbocycles. The topological polar surface area (TPSA) is 3.24 Å². The van der Waals surface area contributed by atoms with Crippen LogP contribution < -0.4 is 0 Å². The zero-order valence-corrected chi connectivity index (χ0v) is 13.3. The molecule has 0 saturated carbocycles. The lowest BCUT2D eigenvalue weighted by atomic mass is 9.80. The fourth-order valence-electron chi connectivity index (χ4n) is 2.97. The molecule has 19 heavy (non-hydrogen) atoms. The molecular formula is C18H29N. The van der Waals surface area contributed by atoms with Gasteiger partial charge in [0.2, 0.25) is 0 Å². The Bertz CT molecular complexity index is 405. The van der Waals surface area contributed by atoms with E-state index in [2.05, 4.69) is 58.2 Å². The lowest BCUT2D eigenvalue weighted by molar-refractivity contribution is 0.382. The fourth-order valence-corrected chi connectivity index (χ4v) is 2.97. The zero-order chi connectivity index (χ0) is 14.4. The Morgan fingerprint density at radius 3 is 2.47 bits per heavy atom. The van der Waals surface area contributed by atoms with Gasteiger partial charge in [-0.05, 0) is 52.2 Å². The van der Waals surface area contributed by atoms with Crippen molar-refractivity contribution in [1.29, 1.82) is 0 Å². The van der Waals surface area contributed by atoms with E-state index in [0.717, 1.165) is 25.9 Å². The van der Waals surface area contributed by atoms with Crippen molar-refractivity contribution in [3.8, 4) is 0 Å². The van der Waals surface area contributed by atoms with E-state index in [4.69, 9.17) is 0 Å². The standard InChI is InChI=1S/C18H29N/c1-7-11-14(5)17-12-15(6)18(13-16(17)8-2)19(9-3)10-4/h7,11,13,17H,1,8-10,12H2,2-6H3/b14-11-. The highest BCUT2D eigenvalue weighted by Gasteiger charge is 2.23. The van der Waals surface area contributed by atoms with Crippen molar-refractivity contribution in [3.05, 3.63) is 47.2 Å². The van der Waals surface area contributed by atoms with Gasteiger partial charge in [0.25, 0.3) is 0 Å². The van der Waals surface area contributed by atoms with Crippen LogP contribution in [0.5, 0.6) is 0 Å². The quantitative estimate of drug-likeness (QED) is 0.600. The predicted molar refractivity (Wildman–Crippen MR) is 86.1 cm³/mol. The fraction of sp³-hybridized carbons (Fsp3) is 0.556. The molecule has 0 bridgehead atoms. The molecule has 0 spiro atoms. The molecule has 0 aromatic rings. The van der Waals surface area contributed by atoms with Crippen LogP contribution in [0.25, 0.3) is 0 Å². The van der Waals surface area contributed by atoms with Gasteiger partial charge < -0.3 is 4.90 Å². The van der Waals surface area contributed by atoms with Crippen LogP contribution in [0.3, 0.4) is 0 Å². The summed E-state index contributed by atoms with van der Waals surface area (Å²) in [6, 6.07) is 0. The average Bonchev–Trinajstić information content (AvgIpc) is 2.41. The van der Waals surface area contributed by atoms with Crippen molar-refractivity contribution in [2.75, 3.05) is 13.1 Å². The number of nitrogens with zero attached hydrogens (tertiary/aromatic N) is 1. The molecule has 0 radical (unpaired) electrons. The lowest BCUT2D eigenvalue weighted by Crippen LogP contribution is -2.25. The van der Waals surface area contributed by atoms with E-state index in [1.54, 1.807) is 5.57 Å². The van der Waals surface area contributed by atoms with Gasteiger partial charge in [-0.2, -0.15) is 0 Å². The van der Waals surface area contributed by atoms with Crippen molar-refractivity contribution >= 4 is 0 Å². The van der Waals surface area contributed by atoms with E-state index in [-0.39, 0.29) is 0 Å². The molecule has 0 amide bonds. The highest BCUT2D eigenvalue weighted by Crippen LogP contribution is 2.36. The minimum Gasteiger partial charge on any atom is -0.372 e. The Kier molecular flexibility index (Phi) is 6.14. The van der Waals surface area contributed by atoms with Gasteiger partial charge in [0.05, 0.1) is 0 Å². The Balaban J connectivity index is 3.10. The molecule has 0 heterocycles.